The van der Waals surface area contributed by atoms with Gasteiger partial charge < -0.3 is 24.2 Å². The van der Waals surface area contributed by atoms with Gasteiger partial charge in [0.2, 0.25) is 5.91 Å². The van der Waals surface area contributed by atoms with Crippen LogP contribution in [0.4, 0.5) is 24.7 Å². The number of aromatic nitrogens is 3. The number of carbonyl (C=O) groups excluding carboxylic acids is 1. The van der Waals surface area contributed by atoms with Gasteiger partial charge in [-0.05, 0) is 6.42 Å². The first-order valence-corrected chi connectivity index (χ1v) is 12.4. The van der Waals surface area contributed by atoms with Crippen LogP contribution in [0.2, 0.25) is 5.02 Å². The van der Waals surface area contributed by atoms with Crippen molar-refractivity contribution >= 4 is 29.0 Å². The van der Waals surface area contributed by atoms with Crippen LogP contribution in [0.25, 0.3) is 0 Å². The third kappa shape index (κ3) is 5.33. The monoisotopic (exact) mass is 542 g/mol. The third-order valence-electron chi connectivity index (χ3n) is 6.96. The first kappa shape index (κ1) is 25.6. The van der Waals surface area contributed by atoms with Gasteiger partial charge >= 0.3 is 6.18 Å². The van der Waals surface area contributed by atoms with Crippen LogP contribution in [0, 0.1) is 0 Å². The lowest BCUT2D eigenvalue weighted by Gasteiger charge is -2.43. The molecule has 0 aromatic carbocycles. The zero-order valence-electron chi connectivity index (χ0n) is 19.8. The lowest BCUT2D eigenvalue weighted by Crippen LogP contribution is -2.55. The average molecular weight is 543 g/mol. The summed E-state index contributed by atoms with van der Waals surface area (Å²) in [5, 5.41) is 5.88. The number of carbonyl (C=O) groups is 1. The number of piperazine rings is 1. The summed E-state index contributed by atoms with van der Waals surface area (Å²) < 4.78 is 51.6. The van der Waals surface area contributed by atoms with E-state index < -0.39 is 17.3 Å². The van der Waals surface area contributed by atoms with Crippen molar-refractivity contribution in [2.75, 3.05) is 55.8 Å². The number of nitrogens with one attached hydrogen (secondary N) is 1. The highest BCUT2D eigenvalue weighted by atomic mass is 35.5. The van der Waals surface area contributed by atoms with Crippen LogP contribution in [0.5, 0.6) is 5.75 Å². The maximum atomic E-state index is 13.4. The average Bonchev–Trinajstić information content (AvgIpc) is 3.00. The number of H-pyrrole nitrogens is 1. The van der Waals surface area contributed by atoms with Gasteiger partial charge in [-0.3, -0.25) is 9.59 Å². The Labute approximate surface area is 215 Å². The van der Waals surface area contributed by atoms with Crippen LogP contribution >= 0.6 is 11.6 Å². The van der Waals surface area contributed by atoms with Crippen molar-refractivity contribution in [3.05, 3.63) is 39.4 Å². The number of amides is 1. The van der Waals surface area contributed by atoms with E-state index in [1.807, 2.05) is 5.10 Å². The molecule has 1 amide bonds. The Morgan fingerprint density at radius 1 is 1.22 bits per heavy atom. The second kappa shape index (κ2) is 10.4. The van der Waals surface area contributed by atoms with Crippen molar-refractivity contribution in [1.82, 2.24) is 20.1 Å². The summed E-state index contributed by atoms with van der Waals surface area (Å²) in [7, 11) is 0. The van der Waals surface area contributed by atoms with Gasteiger partial charge in [-0.1, -0.05) is 11.6 Å². The Morgan fingerprint density at radius 3 is 2.81 bits per heavy atom. The van der Waals surface area contributed by atoms with Crippen molar-refractivity contribution in [3.63, 3.8) is 0 Å². The molecule has 2 atom stereocenters. The molecule has 0 saturated carbocycles. The van der Waals surface area contributed by atoms with Gasteiger partial charge in [0.05, 0.1) is 55.2 Å². The van der Waals surface area contributed by atoms with Crippen molar-refractivity contribution in [2.45, 2.75) is 37.5 Å². The molecule has 2 aromatic heterocycles. The van der Waals surface area contributed by atoms with Crippen LogP contribution in [0.1, 0.15) is 24.8 Å². The van der Waals surface area contributed by atoms with E-state index in [1.165, 1.54) is 4.90 Å². The number of alkyl halides is 3. The van der Waals surface area contributed by atoms with Gasteiger partial charge in [-0.15, -0.1) is 0 Å². The van der Waals surface area contributed by atoms with Gasteiger partial charge in [-0.2, -0.15) is 18.3 Å². The fourth-order valence-corrected chi connectivity index (χ4v) is 5.14. The summed E-state index contributed by atoms with van der Waals surface area (Å²) >= 11 is 6.04. The van der Waals surface area contributed by atoms with E-state index in [-0.39, 0.29) is 43.3 Å². The summed E-state index contributed by atoms with van der Waals surface area (Å²) in [6, 6.07) is 1.50. The molecule has 10 nitrogen and oxygen atoms in total. The first-order valence-electron chi connectivity index (χ1n) is 12.0. The number of aromatic amines is 1. The minimum atomic E-state index is -4.79. The van der Waals surface area contributed by atoms with Gasteiger partial charge in [0.25, 0.3) is 5.56 Å². The summed E-state index contributed by atoms with van der Waals surface area (Å²) in [5.74, 6) is 1.33. The Balaban J connectivity index is 1.11. The number of ether oxygens (including phenoxy) is 2. The number of rotatable bonds is 6. The highest BCUT2D eigenvalue weighted by molar-refractivity contribution is 6.30. The summed E-state index contributed by atoms with van der Waals surface area (Å²) in [6.07, 6.45) is -0.673. The van der Waals surface area contributed by atoms with E-state index in [4.69, 9.17) is 21.1 Å². The summed E-state index contributed by atoms with van der Waals surface area (Å²) in [4.78, 5) is 34.4. The predicted molar refractivity (Wildman–Crippen MR) is 128 cm³/mol. The standard InChI is InChI=1S/C23H26ClF3N6O4/c24-14-9-18-21(28-10-14)33-6-5-31(12-15(33)2-8-37-18)19(34)3-7-36-13-16-1-4-32(16)17-11-29-30-22(35)20(17)23(25,26)27/h9-11,15-16H,1-8,12-13H2,(H,30,35)/t15-,16+/m1/s1. The second-order valence-electron chi connectivity index (χ2n) is 9.22. The Bertz CT molecular complexity index is 1210. The number of pyridine rings is 1. The molecule has 1 N–H and O–H groups in total. The Morgan fingerprint density at radius 2 is 2.05 bits per heavy atom. The SMILES string of the molecule is O=C(CCOC[C@@H]1CCN1c1cn[nH]c(=O)c1C(F)(F)F)N1CCN2c3ncc(Cl)cc3OCC[C@@H]2C1. The zero-order valence-corrected chi connectivity index (χ0v) is 20.6. The molecule has 0 bridgehead atoms. The topological polar surface area (TPSA) is 104 Å². The molecule has 0 aliphatic carbocycles. The van der Waals surface area contributed by atoms with Crippen molar-refractivity contribution in [2.24, 2.45) is 0 Å². The van der Waals surface area contributed by atoms with Gasteiger partial charge in [0, 0.05) is 44.9 Å². The molecule has 0 spiro atoms. The van der Waals surface area contributed by atoms with E-state index in [9.17, 15) is 22.8 Å². The molecule has 0 unspecified atom stereocenters. The molecule has 3 aliphatic rings. The van der Waals surface area contributed by atoms with Crippen molar-refractivity contribution < 1.29 is 27.4 Å². The summed E-state index contributed by atoms with van der Waals surface area (Å²) in [5.41, 5.74) is -2.78. The van der Waals surface area contributed by atoms with Crippen molar-refractivity contribution in [3.8, 4) is 5.75 Å². The number of anilines is 2. The fraction of sp³-hybridized carbons (Fsp3) is 0.565. The number of hydrogen-bond acceptors (Lipinski definition) is 8. The molecule has 200 valence electrons. The number of fused-ring (bicyclic) bond motifs is 3. The number of halogens is 4. The molecular weight excluding hydrogens is 517 g/mol. The molecule has 14 heteroatoms. The molecule has 2 fully saturated rings. The highest BCUT2D eigenvalue weighted by Gasteiger charge is 2.42. The summed E-state index contributed by atoms with van der Waals surface area (Å²) in [6.45, 7) is 2.85. The smallest absolute Gasteiger partial charge is 0.423 e. The third-order valence-corrected chi connectivity index (χ3v) is 7.17. The predicted octanol–water partition coefficient (Wildman–Crippen LogP) is 2.32. The van der Waals surface area contributed by atoms with E-state index in [0.717, 1.165) is 18.4 Å². The van der Waals surface area contributed by atoms with E-state index in [0.29, 0.717) is 50.0 Å². The molecule has 2 saturated heterocycles. The molecule has 37 heavy (non-hydrogen) atoms. The lowest BCUT2D eigenvalue weighted by atomic mass is 10.0. The minimum absolute atomic E-state index is 0.0438. The lowest BCUT2D eigenvalue weighted by molar-refractivity contribution is -0.138. The normalized spacial score (nSPS) is 21.5. The maximum Gasteiger partial charge on any atom is 0.423 e. The largest absolute Gasteiger partial charge is 0.490 e. The molecule has 2 aromatic rings. The molecule has 0 radical (unpaired) electrons. The van der Waals surface area contributed by atoms with Gasteiger partial charge in [-0.25, -0.2) is 10.1 Å². The number of nitrogens with zero attached hydrogens (tertiary/aromatic N) is 5. The van der Waals surface area contributed by atoms with Crippen LogP contribution < -0.4 is 20.1 Å². The van der Waals surface area contributed by atoms with Crippen LogP contribution in [-0.2, 0) is 15.7 Å². The van der Waals surface area contributed by atoms with Crippen LogP contribution in [0.15, 0.2) is 23.3 Å². The van der Waals surface area contributed by atoms with Crippen LogP contribution in [0.3, 0.4) is 0 Å². The molecule has 5 heterocycles. The Hall–Kier alpha value is -3.06. The zero-order chi connectivity index (χ0) is 26.2. The maximum absolute atomic E-state index is 13.4. The highest BCUT2D eigenvalue weighted by Crippen LogP contribution is 2.37. The van der Waals surface area contributed by atoms with Gasteiger partial charge in [0.1, 0.15) is 5.56 Å². The van der Waals surface area contributed by atoms with Crippen molar-refractivity contribution in [1.29, 1.82) is 0 Å². The van der Waals surface area contributed by atoms with Crippen LogP contribution in [-0.4, -0.2) is 84.1 Å². The Kier molecular flexibility index (Phi) is 7.17. The quantitative estimate of drug-likeness (QED) is 0.555. The van der Waals surface area contributed by atoms with E-state index in [2.05, 4.69) is 15.0 Å². The molecule has 3 aliphatic heterocycles. The van der Waals surface area contributed by atoms with E-state index >= 15 is 0 Å². The van der Waals surface area contributed by atoms with E-state index in [1.54, 1.807) is 17.2 Å². The minimum Gasteiger partial charge on any atom is -0.490 e. The molecule has 5 rings (SSSR count). The van der Waals surface area contributed by atoms with Gasteiger partial charge in [0.15, 0.2) is 11.6 Å². The second-order valence-corrected chi connectivity index (χ2v) is 9.65. The fourth-order valence-electron chi connectivity index (χ4n) is 5.00. The molecular formula is C23H26ClF3N6O4. The first-order chi connectivity index (χ1) is 17.7. The number of hydrogen-bond donors (Lipinski definition) is 1.